The van der Waals surface area contributed by atoms with Crippen molar-refractivity contribution in [3.63, 3.8) is 0 Å². The van der Waals surface area contributed by atoms with Crippen molar-refractivity contribution in [2.45, 2.75) is 29.4 Å². The van der Waals surface area contributed by atoms with Crippen molar-refractivity contribution < 1.29 is 24.9 Å². The van der Waals surface area contributed by atoms with Gasteiger partial charge in [-0.05, 0) is 18.2 Å². The van der Waals surface area contributed by atoms with Crippen molar-refractivity contribution in [2.75, 3.05) is 11.5 Å². The number of aliphatic hydroxyl groups excluding tert-OH is 2. The first kappa shape index (κ1) is 19.9. The van der Waals surface area contributed by atoms with Gasteiger partial charge in [0.2, 0.25) is 0 Å². The molecule has 0 saturated carbocycles. The Morgan fingerprint density at radius 2 is 2.07 bits per heavy atom. The van der Waals surface area contributed by atoms with E-state index in [4.69, 9.17) is 22.1 Å². The van der Waals surface area contributed by atoms with Crippen LogP contribution in [0, 0.1) is 0 Å². The van der Waals surface area contributed by atoms with E-state index in [0.717, 1.165) is 0 Å². The smallest absolute Gasteiger partial charge is 0.337 e. The van der Waals surface area contributed by atoms with Crippen molar-refractivity contribution in [2.24, 2.45) is 0 Å². The fourth-order valence-corrected chi connectivity index (χ4v) is 4.29. The second-order valence-corrected chi connectivity index (χ2v) is 7.89. The molecule has 5 N–H and O–H groups in total. The Morgan fingerprint density at radius 1 is 1.28 bits per heavy atom. The number of benzene rings is 1. The van der Waals surface area contributed by atoms with Gasteiger partial charge < -0.3 is 25.8 Å². The van der Waals surface area contributed by atoms with E-state index in [0.29, 0.717) is 16.1 Å². The van der Waals surface area contributed by atoms with Crippen LogP contribution in [-0.4, -0.2) is 64.9 Å². The summed E-state index contributed by atoms with van der Waals surface area (Å²) in [6.07, 6.45) is -1.29. The topological polar surface area (TPSA) is 157 Å². The molecule has 1 aliphatic rings. The molecule has 4 atom stereocenters. The first-order valence-corrected chi connectivity index (χ1v) is 9.83. The summed E-state index contributed by atoms with van der Waals surface area (Å²) in [5, 5.41) is 30.2. The van der Waals surface area contributed by atoms with Gasteiger partial charge in [-0.25, -0.2) is 19.7 Å². The van der Waals surface area contributed by atoms with Gasteiger partial charge in [0.1, 0.15) is 24.1 Å². The molecular weight excluding hydrogens is 422 g/mol. The molecule has 1 aromatic carbocycles. The number of anilines is 1. The number of rotatable bonds is 5. The normalized spacial score (nSPS) is 24.2. The Hall–Kier alpha value is -2.44. The zero-order valence-electron chi connectivity index (χ0n) is 14.7. The molecule has 0 unspecified atom stereocenters. The molecule has 1 aliphatic heterocycles. The Bertz CT molecular complexity index is 1080. The number of imidazole rings is 1. The van der Waals surface area contributed by atoms with E-state index >= 15 is 0 Å². The van der Waals surface area contributed by atoms with Gasteiger partial charge in [0.25, 0.3) is 0 Å². The van der Waals surface area contributed by atoms with E-state index in [-0.39, 0.29) is 22.2 Å². The Morgan fingerprint density at radius 3 is 2.83 bits per heavy atom. The number of carbonyl (C=O) groups is 1. The highest BCUT2D eigenvalue weighted by Gasteiger charge is 2.44. The molecule has 0 amide bonds. The van der Waals surface area contributed by atoms with E-state index in [1.54, 1.807) is 6.07 Å². The van der Waals surface area contributed by atoms with Crippen LogP contribution >= 0.6 is 23.4 Å². The molecular formula is C17H16ClN5O5S. The summed E-state index contributed by atoms with van der Waals surface area (Å²) in [4.78, 5) is 24.0. The van der Waals surface area contributed by atoms with E-state index in [1.165, 1.54) is 41.1 Å². The van der Waals surface area contributed by atoms with Crippen LogP contribution in [0.25, 0.3) is 11.2 Å². The van der Waals surface area contributed by atoms with Crippen LogP contribution in [0.2, 0.25) is 5.02 Å². The van der Waals surface area contributed by atoms with Crippen LogP contribution < -0.4 is 5.73 Å². The fraction of sp³-hybridized carbons (Fsp3) is 0.294. The Balaban J connectivity index is 1.51. The van der Waals surface area contributed by atoms with Crippen LogP contribution in [0.3, 0.4) is 0 Å². The number of aromatic carboxylic acids is 1. The predicted molar refractivity (Wildman–Crippen MR) is 105 cm³/mol. The lowest BCUT2D eigenvalue weighted by molar-refractivity contribution is -0.0289. The van der Waals surface area contributed by atoms with Gasteiger partial charge in [-0.3, -0.25) is 4.57 Å². The Labute approximate surface area is 173 Å². The molecule has 1 saturated heterocycles. The van der Waals surface area contributed by atoms with Gasteiger partial charge >= 0.3 is 5.97 Å². The third kappa shape index (κ3) is 3.63. The summed E-state index contributed by atoms with van der Waals surface area (Å²) in [5.74, 6) is -0.650. The van der Waals surface area contributed by atoms with E-state index in [2.05, 4.69) is 15.0 Å². The largest absolute Gasteiger partial charge is 0.478 e. The number of thioether (sulfide) groups is 1. The standard InChI is InChI=1S/C17H16ClN5O5S/c18-9-2-1-7(3-8(9)17(26)27)29-4-10-12(24)13(25)16(28-10)23-6-22-11-14(19)20-5-21-15(11)23/h1-3,5-6,10,12-13,16,24-25H,4H2,(H,26,27)(H2,19,20,21)/t10-,12-,13-,16-/m1/s1. The fourth-order valence-electron chi connectivity index (χ4n) is 3.09. The average molecular weight is 438 g/mol. The SMILES string of the molecule is Nc1ncnc2c1ncn2[C@@H]1O[C@H](CSc2ccc(Cl)c(C(=O)O)c2)[C@@H](O)[C@H]1O. The molecule has 4 rings (SSSR count). The molecule has 2 aromatic heterocycles. The summed E-state index contributed by atoms with van der Waals surface area (Å²) in [6.45, 7) is 0. The molecule has 0 bridgehead atoms. The Kier molecular flexibility index (Phi) is 5.32. The van der Waals surface area contributed by atoms with Gasteiger partial charge in [-0.2, -0.15) is 0 Å². The van der Waals surface area contributed by atoms with E-state index in [1.807, 2.05) is 0 Å². The molecule has 10 nitrogen and oxygen atoms in total. The number of ether oxygens (including phenoxy) is 1. The second-order valence-electron chi connectivity index (χ2n) is 6.39. The summed E-state index contributed by atoms with van der Waals surface area (Å²) in [7, 11) is 0. The molecule has 0 radical (unpaired) electrons. The van der Waals surface area contributed by atoms with Crippen molar-refractivity contribution in [3.05, 3.63) is 41.4 Å². The molecule has 3 heterocycles. The number of nitrogen functional groups attached to an aromatic ring is 1. The number of halogens is 1. The molecule has 3 aromatic rings. The number of hydrogen-bond donors (Lipinski definition) is 4. The number of aliphatic hydroxyl groups is 2. The van der Waals surface area contributed by atoms with Crippen LogP contribution in [0.5, 0.6) is 0 Å². The highest BCUT2D eigenvalue weighted by atomic mass is 35.5. The number of hydrogen-bond acceptors (Lipinski definition) is 9. The minimum absolute atomic E-state index is 0.00961. The average Bonchev–Trinajstić information content (AvgIpc) is 3.24. The highest BCUT2D eigenvalue weighted by molar-refractivity contribution is 7.99. The lowest BCUT2D eigenvalue weighted by Gasteiger charge is -2.16. The van der Waals surface area contributed by atoms with Crippen LogP contribution in [0.4, 0.5) is 5.82 Å². The summed E-state index contributed by atoms with van der Waals surface area (Å²) < 4.78 is 7.36. The van der Waals surface area contributed by atoms with Gasteiger partial charge in [0, 0.05) is 10.6 Å². The van der Waals surface area contributed by atoms with Crippen molar-refractivity contribution in [1.29, 1.82) is 0 Å². The minimum Gasteiger partial charge on any atom is -0.478 e. The monoisotopic (exact) mass is 437 g/mol. The summed E-state index contributed by atoms with van der Waals surface area (Å²) in [6, 6.07) is 4.63. The maximum atomic E-state index is 11.2. The van der Waals surface area contributed by atoms with Crippen LogP contribution in [0.1, 0.15) is 16.6 Å². The number of carboxylic acids is 1. The predicted octanol–water partition coefficient (Wildman–Crippen LogP) is 1.17. The summed E-state index contributed by atoms with van der Waals surface area (Å²) in [5.41, 5.74) is 6.52. The third-order valence-electron chi connectivity index (χ3n) is 4.58. The molecule has 0 aliphatic carbocycles. The van der Waals surface area contributed by atoms with Crippen LogP contribution in [0.15, 0.2) is 35.7 Å². The maximum absolute atomic E-state index is 11.2. The van der Waals surface area contributed by atoms with Gasteiger partial charge in [-0.1, -0.05) is 11.6 Å². The minimum atomic E-state index is -1.21. The lowest BCUT2D eigenvalue weighted by Crippen LogP contribution is -2.32. The van der Waals surface area contributed by atoms with Crippen LogP contribution in [-0.2, 0) is 4.74 Å². The summed E-state index contributed by atoms with van der Waals surface area (Å²) >= 11 is 7.16. The second kappa shape index (κ2) is 7.76. The molecule has 29 heavy (non-hydrogen) atoms. The molecule has 1 fully saturated rings. The quantitative estimate of drug-likeness (QED) is 0.427. The number of aromatic nitrogens is 4. The van der Waals surface area contributed by atoms with E-state index in [9.17, 15) is 20.1 Å². The first-order valence-electron chi connectivity index (χ1n) is 8.47. The number of nitrogens with zero attached hydrogens (tertiary/aromatic N) is 4. The van der Waals surface area contributed by atoms with Gasteiger partial charge in [-0.15, -0.1) is 11.8 Å². The number of carboxylic acid groups (broad SMARTS) is 1. The number of fused-ring (bicyclic) bond motifs is 1. The van der Waals surface area contributed by atoms with Gasteiger partial charge in [0.15, 0.2) is 17.7 Å². The molecule has 12 heteroatoms. The zero-order valence-corrected chi connectivity index (χ0v) is 16.3. The molecule has 152 valence electrons. The first-order chi connectivity index (χ1) is 13.9. The van der Waals surface area contributed by atoms with Crippen molar-refractivity contribution >= 4 is 46.3 Å². The third-order valence-corrected chi connectivity index (χ3v) is 5.99. The van der Waals surface area contributed by atoms with Gasteiger partial charge in [0.05, 0.1) is 23.0 Å². The van der Waals surface area contributed by atoms with Crippen molar-refractivity contribution in [3.8, 4) is 0 Å². The molecule has 0 spiro atoms. The zero-order chi connectivity index (χ0) is 20.7. The highest BCUT2D eigenvalue weighted by Crippen LogP contribution is 2.35. The number of nitrogens with two attached hydrogens (primary N) is 1. The lowest BCUT2D eigenvalue weighted by atomic mass is 10.1. The van der Waals surface area contributed by atoms with E-state index < -0.39 is 30.5 Å². The van der Waals surface area contributed by atoms with Crippen molar-refractivity contribution in [1.82, 2.24) is 19.5 Å². The maximum Gasteiger partial charge on any atom is 0.337 e.